The zero-order chi connectivity index (χ0) is 19.2. The largest absolute Gasteiger partial charge is 0.487 e. The monoisotopic (exact) mass is 377 g/mol. The van der Waals surface area contributed by atoms with Crippen LogP contribution in [0.4, 0.5) is 10.8 Å². The van der Waals surface area contributed by atoms with E-state index in [2.05, 4.69) is 18.0 Å². The maximum Gasteiger partial charge on any atom is 0.230 e. The van der Waals surface area contributed by atoms with Gasteiger partial charge in [-0.25, -0.2) is 4.98 Å². The van der Waals surface area contributed by atoms with Crippen molar-refractivity contribution in [3.8, 4) is 11.8 Å². The Morgan fingerprint density at radius 1 is 1.22 bits per heavy atom. The van der Waals surface area contributed by atoms with Crippen LogP contribution < -0.4 is 9.64 Å². The lowest BCUT2D eigenvalue weighted by atomic mass is 10.1. The SMILES string of the molecule is CCc1ccccc1N(C(C)=O)c1nc(COc2ccc(C#N)cc2)cs1. The molecule has 0 aliphatic rings. The van der Waals surface area contributed by atoms with Crippen molar-refractivity contribution in [2.75, 3.05) is 4.90 Å². The summed E-state index contributed by atoms with van der Waals surface area (Å²) in [5, 5.41) is 11.4. The van der Waals surface area contributed by atoms with Gasteiger partial charge in [-0.05, 0) is 42.3 Å². The summed E-state index contributed by atoms with van der Waals surface area (Å²) in [4.78, 5) is 18.5. The van der Waals surface area contributed by atoms with Crippen LogP contribution in [-0.2, 0) is 17.8 Å². The van der Waals surface area contributed by atoms with Crippen molar-refractivity contribution in [1.29, 1.82) is 5.26 Å². The number of thiazole rings is 1. The lowest BCUT2D eigenvalue weighted by Crippen LogP contribution is -2.23. The van der Waals surface area contributed by atoms with Crippen LogP contribution in [-0.4, -0.2) is 10.9 Å². The fourth-order valence-electron chi connectivity index (χ4n) is 2.68. The van der Waals surface area contributed by atoms with Crippen LogP contribution >= 0.6 is 11.3 Å². The zero-order valence-electron chi connectivity index (χ0n) is 15.2. The molecule has 0 aliphatic carbocycles. The van der Waals surface area contributed by atoms with Gasteiger partial charge in [0.05, 0.1) is 23.0 Å². The highest BCUT2D eigenvalue weighted by Crippen LogP contribution is 2.32. The van der Waals surface area contributed by atoms with Crippen LogP contribution in [0.1, 0.15) is 30.7 Å². The van der Waals surface area contributed by atoms with Crippen molar-refractivity contribution in [3.05, 3.63) is 70.7 Å². The summed E-state index contributed by atoms with van der Waals surface area (Å²) in [6.45, 7) is 3.90. The van der Waals surface area contributed by atoms with Gasteiger partial charge in [0, 0.05) is 12.3 Å². The number of nitriles is 1. The number of amides is 1. The van der Waals surface area contributed by atoms with E-state index in [0.717, 1.165) is 23.4 Å². The molecule has 0 saturated carbocycles. The molecule has 1 aromatic heterocycles. The average molecular weight is 377 g/mol. The van der Waals surface area contributed by atoms with Gasteiger partial charge in [-0.2, -0.15) is 5.26 Å². The molecular formula is C21H19N3O2S. The van der Waals surface area contributed by atoms with Crippen LogP contribution in [0.5, 0.6) is 5.75 Å². The van der Waals surface area contributed by atoms with E-state index >= 15 is 0 Å². The zero-order valence-corrected chi connectivity index (χ0v) is 16.0. The van der Waals surface area contributed by atoms with E-state index in [9.17, 15) is 4.79 Å². The Hall–Kier alpha value is -3.17. The Bertz CT molecular complexity index is 974. The molecule has 6 heteroatoms. The number of ether oxygens (including phenoxy) is 1. The Morgan fingerprint density at radius 3 is 2.63 bits per heavy atom. The minimum Gasteiger partial charge on any atom is -0.487 e. The number of carbonyl (C=O) groups is 1. The molecule has 0 atom stereocenters. The van der Waals surface area contributed by atoms with E-state index in [1.54, 1.807) is 36.1 Å². The van der Waals surface area contributed by atoms with Crippen LogP contribution in [0, 0.1) is 11.3 Å². The number of para-hydroxylation sites is 1. The fraction of sp³-hybridized carbons (Fsp3) is 0.190. The Balaban J connectivity index is 1.78. The number of hydrogen-bond donors (Lipinski definition) is 0. The van der Waals surface area contributed by atoms with Crippen LogP contribution in [0.3, 0.4) is 0 Å². The Morgan fingerprint density at radius 2 is 1.96 bits per heavy atom. The van der Waals surface area contributed by atoms with Crippen molar-refractivity contribution in [2.45, 2.75) is 26.9 Å². The molecule has 0 bridgehead atoms. The normalized spacial score (nSPS) is 10.3. The first-order chi connectivity index (χ1) is 13.1. The predicted octanol–water partition coefficient (Wildman–Crippen LogP) is 4.84. The van der Waals surface area contributed by atoms with Gasteiger partial charge < -0.3 is 4.74 Å². The average Bonchev–Trinajstić information content (AvgIpc) is 3.15. The quantitative estimate of drug-likeness (QED) is 0.616. The first kappa shape index (κ1) is 18.6. The van der Waals surface area contributed by atoms with Crippen molar-refractivity contribution in [3.63, 3.8) is 0 Å². The Kier molecular flexibility index (Phi) is 5.84. The van der Waals surface area contributed by atoms with E-state index in [1.807, 2.05) is 29.6 Å². The van der Waals surface area contributed by atoms with Crippen LogP contribution in [0.2, 0.25) is 0 Å². The van der Waals surface area contributed by atoms with Gasteiger partial charge in [-0.15, -0.1) is 11.3 Å². The highest BCUT2D eigenvalue weighted by Gasteiger charge is 2.20. The number of benzene rings is 2. The molecule has 1 amide bonds. The molecule has 0 unspecified atom stereocenters. The highest BCUT2D eigenvalue weighted by molar-refractivity contribution is 7.14. The second-order valence-electron chi connectivity index (χ2n) is 5.88. The number of aryl methyl sites for hydroxylation is 1. The van der Waals surface area contributed by atoms with Crippen LogP contribution in [0.25, 0.3) is 0 Å². The van der Waals surface area contributed by atoms with Crippen molar-refractivity contribution in [1.82, 2.24) is 4.98 Å². The molecular weight excluding hydrogens is 358 g/mol. The van der Waals surface area contributed by atoms with Gasteiger partial charge in [0.1, 0.15) is 12.4 Å². The summed E-state index contributed by atoms with van der Waals surface area (Å²) in [5.41, 5.74) is 3.30. The molecule has 0 aliphatic heterocycles. The number of rotatable bonds is 6. The first-order valence-corrected chi connectivity index (χ1v) is 9.46. The Labute approximate surface area is 162 Å². The maximum atomic E-state index is 12.3. The second kappa shape index (κ2) is 8.47. The van der Waals surface area contributed by atoms with Gasteiger partial charge in [-0.1, -0.05) is 25.1 Å². The summed E-state index contributed by atoms with van der Waals surface area (Å²) in [6.07, 6.45) is 0.833. The summed E-state index contributed by atoms with van der Waals surface area (Å²) in [5.74, 6) is 0.591. The third-order valence-corrected chi connectivity index (χ3v) is 4.90. The van der Waals surface area contributed by atoms with Gasteiger partial charge in [0.25, 0.3) is 0 Å². The number of aromatic nitrogens is 1. The number of anilines is 2. The van der Waals surface area contributed by atoms with Crippen LogP contribution in [0.15, 0.2) is 53.9 Å². The molecule has 0 saturated heterocycles. The van der Waals surface area contributed by atoms with Crippen molar-refractivity contribution in [2.24, 2.45) is 0 Å². The van der Waals surface area contributed by atoms with Crippen molar-refractivity contribution < 1.29 is 9.53 Å². The molecule has 0 spiro atoms. The van der Waals surface area contributed by atoms with Gasteiger partial charge in [0.2, 0.25) is 5.91 Å². The number of nitrogens with zero attached hydrogens (tertiary/aromatic N) is 3. The molecule has 3 rings (SSSR count). The summed E-state index contributed by atoms with van der Waals surface area (Å²) < 4.78 is 5.73. The summed E-state index contributed by atoms with van der Waals surface area (Å²) in [6, 6.07) is 16.9. The first-order valence-electron chi connectivity index (χ1n) is 8.58. The third-order valence-electron chi connectivity index (χ3n) is 4.03. The molecule has 5 nitrogen and oxygen atoms in total. The summed E-state index contributed by atoms with van der Waals surface area (Å²) >= 11 is 1.41. The molecule has 0 radical (unpaired) electrons. The lowest BCUT2D eigenvalue weighted by Gasteiger charge is -2.20. The van der Waals surface area contributed by atoms with E-state index in [1.165, 1.54) is 11.3 Å². The molecule has 3 aromatic rings. The minimum atomic E-state index is -0.0789. The third kappa shape index (κ3) is 4.33. The van der Waals surface area contributed by atoms with E-state index in [4.69, 9.17) is 10.00 Å². The standard InChI is InChI=1S/C21H19N3O2S/c1-3-17-6-4-5-7-20(17)24(15(2)25)21-23-18(14-27-21)13-26-19-10-8-16(12-22)9-11-19/h4-11,14H,3,13H2,1-2H3. The molecule has 27 heavy (non-hydrogen) atoms. The van der Waals surface area contributed by atoms with Gasteiger partial charge in [0.15, 0.2) is 5.13 Å². The number of hydrogen-bond acceptors (Lipinski definition) is 5. The van der Waals surface area contributed by atoms with E-state index in [0.29, 0.717) is 23.1 Å². The molecule has 1 heterocycles. The molecule has 2 aromatic carbocycles. The second-order valence-corrected chi connectivity index (χ2v) is 6.72. The highest BCUT2D eigenvalue weighted by atomic mass is 32.1. The number of carbonyl (C=O) groups excluding carboxylic acids is 1. The van der Waals surface area contributed by atoms with E-state index < -0.39 is 0 Å². The molecule has 136 valence electrons. The minimum absolute atomic E-state index is 0.0789. The van der Waals surface area contributed by atoms with E-state index in [-0.39, 0.29) is 5.91 Å². The lowest BCUT2D eigenvalue weighted by molar-refractivity contribution is -0.115. The van der Waals surface area contributed by atoms with Gasteiger partial charge in [-0.3, -0.25) is 9.69 Å². The summed E-state index contributed by atoms with van der Waals surface area (Å²) in [7, 11) is 0. The molecule has 0 fully saturated rings. The smallest absolute Gasteiger partial charge is 0.230 e. The fourth-order valence-corrected chi connectivity index (χ4v) is 3.55. The predicted molar refractivity (Wildman–Crippen MR) is 106 cm³/mol. The van der Waals surface area contributed by atoms with Crippen molar-refractivity contribution >= 4 is 28.1 Å². The maximum absolute atomic E-state index is 12.3. The van der Waals surface area contributed by atoms with Gasteiger partial charge >= 0.3 is 0 Å². The topological polar surface area (TPSA) is 66.2 Å². The molecule has 0 N–H and O–H groups in total.